The first kappa shape index (κ1) is 20.7. The second kappa shape index (κ2) is 8.98. The van der Waals surface area contributed by atoms with Crippen LogP contribution >= 0.6 is 0 Å². The van der Waals surface area contributed by atoms with E-state index in [-0.39, 0.29) is 25.5 Å². The van der Waals surface area contributed by atoms with Gasteiger partial charge in [0, 0.05) is 31.7 Å². The van der Waals surface area contributed by atoms with Crippen molar-refractivity contribution in [3.63, 3.8) is 0 Å². The van der Waals surface area contributed by atoms with Crippen molar-refractivity contribution in [2.75, 3.05) is 32.8 Å². The van der Waals surface area contributed by atoms with Gasteiger partial charge in [0.25, 0.3) is 11.8 Å². The molecule has 1 aliphatic rings. The van der Waals surface area contributed by atoms with E-state index in [0.717, 1.165) is 12.1 Å². The van der Waals surface area contributed by atoms with Gasteiger partial charge in [0.15, 0.2) is 17.5 Å². The minimum Gasteiger partial charge on any atom is -0.494 e. The second-order valence-electron chi connectivity index (χ2n) is 6.62. The molecule has 1 aliphatic heterocycles. The Balaban J connectivity index is 1.67. The molecule has 3 rings (SSSR count). The zero-order chi connectivity index (χ0) is 21.0. The van der Waals surface area contributed by atoms with Crippen molar-refractivity contribution in [3.8, 4) is 5.75 Å². The third kappa shape index (κ3) is 4.52. The third-order valence-electron chi connectivity index (χ3n) is 4.75. The number of amides is 2. The highest BCUT2D eigenvalue weighted by Crippen LogP contribution is 2.19. The average Bonchev–Trinajstić information content (AvgIpc) is 2.98. The molecule has 2 aromatic rings. The van der Waals surface area contributed by atoms with E-state index >= 15 is 0 Å². The molecule has 29 heavy (non-hydrogen) atoms. The third-order valence-corrected chi connectivity index (χ3v) is 4.75. The molecule has 2 aromatic carbocycles. The molecule has 154 valence electrons. The molecule has 0 spiro atoms. The zero-order valence-corrected chi connectivity index (χ0v) is 16.0. The Bertz CT molecular complexity index is 903. The van der Waals surface area contributed by atoms with Gasteiger partial charge in [0.05, 0.1) is 12.2 Å². The van der Waals surface area contributed by atoms with E-state index in [4.69, 9.17) is 4.74 Å². The summed E-state index contributed by atoms with van der Waals surface area (Å²) >= 11 is 0. The van der Waals surface area contributed by atoms with E-state index in [1.807, 2.05) is 6.92 Å². The second-order valence-corrected chi connectivity index (χ2v) is 6.62. The molecule has 0 N–H and O–H groups in total. The predicted octanol–water partition coefficient (Wildman–Crippen LogP) is 3.49. The van der Waals surface area contributed by atoms with E-state index in [0.29, 0.717) is 30.9 Å². The van der Waals surface area contributed by atoms with Gasteiger partial charge in [-0.1, -0.05) is 0 Å². The fraction of sp³-hybridized carbons (Fsp3) is 0.333. The van der Waals surface area contributed by atoms with Crippen LogP contribution in [-0.2, 0) is 0 Å². The summed E-state index contributed by atoms with van der Waals surface area (Å²) in [6.45, 7) is 3.53. The quantitative estimate of drug-likeness (QED) is 0.731. The van der Waals surface area contributed by atoms with E-state index in [1.165, 1.54) is 4.90 Å². The number of rotatable bonds is 4. The van der Waals surface area contributed by atoms with Crippen LogP contribution in [0, 0.1) is 17.5 Å². The number of carbonyl (C=O) groups is 2. The Morgan fingerprint density at radius 2 is 1.48 bits per heavy atom. The molecular weight excluding hydrogens is 385 g/mol. The fourth-order valence-electron chi connectivity index (χ4n) is 3.23. The Hall–Kier alpha value is -3.03. The largest absolute Gasteiger partial charge is 0.494 e. The summed E-state index contributed by atoms with van der Waals surface area (Å²) in [6.07, 6.45) is 0.486. The highest BCUT2D eigenvalue weighted by molar-refractivity contribution is 5.95. The number of hydrogen-bond acceptors (Lipinski definition) is 3. The van der Waals surface area contributed by atoms with Gasteiger partial charge < -0.3 is 14.5 Å². The number of nitrogens with zero attached hydrogens (tertiary/aromatic N) is 2. The van der Waals surface area contributed by atoms with Crippen molar-refractivity contribution in [3.05, 3.63) is 65.0 Å². The monoisotopic (exact) mass is 406 g/mol. The van der Waals surface area contributed by atoms with Gasteiger partial charge in [-0.05, 0) is 49.7 Å². The van der Waals surface area contributed by atoms with E-state index in [2.05, 4.69) is 0 Å². The van der Waals surface area contributed by atoms with Gasteiger partial charge >= 0.3 is 0 Å². The van der Waals surface area contributed by atoms with Crippen molar-refractivity contribution in [2.45, 2.75) is 13.3 Å². The normalized spacial score (nSPS) is 14.5. The summed E-state index contributed by atoms with van der Waals surface area (Å²) in [4.78, 5) is 28.3. The number of benzene rings is 2. The SMILES string of the molecule is CCOc1ccc(C(=O)N2CCCN(C(=O)c3ccc(F)c(F)c3F)CC2)cc1. The zero-order valence-electron chi connectivity index (χ0n) is 16.0. The van der Waals surface area contributed by atoms with Crippen molar-refractivity contribution < 1.29 is 27.5 Å². The molecule has 0 unspecified atom stereocenters. The van der Waals surface area contributed by atoms with Gasteiger partial charge in [-0.25, -0.2) is 13.2 Å². The van der Waals surface area contributed by atoms with Crippen LogP contribution in [0.4, 0.5) is 13.2 Å². The molecule has 0 radical (unpaired) electrons. The average molecular weight is 406 g/mol. The molecule has 0 atom stereocenters. The van der Waals surface area contributed by atoms with Gasteiger partial charge in [0.1, 0.15) is 5.75 Å². The highest BCUT2D eigenvalue weighted by Gasteiger charge is 2.26. The van der Waals surface area contributed by atoms with Crippen LogP contribution in [0.25, 0.3) is 0 Å². The first-order valence-corrected chi connectivity index (χ1v) is 9.37. The maximum atomic E-state index is 13.9. The molecule has 0 aliphatic carbocycles. The molecule has 0 saturated carbocycles. The number of carbonyl (C=O) groups excluding carboxylic acids is 2. The smallest absolute Gasteiger partial charge is 0.257 e. The van der Waals surface area contributed by atoms with E-state index < -0.39 is 28.9 Å². The summed E-state index contributed by atoms with van der Waals surface area (Å²) in [6, 6.07) is 8.46. The molecule has 5 nitrogen and oxygen atoms in total. The highest BCUT2D eigenvalue weighted by atomic mass is 19.2. The van der Waals surface area contributed by atoms with Crippen LogP contribution in [0.2, 0.25) is 0 Å². The van der Waals surface area contributed by atoms with Crippen LogP contribution in [0.15, 0.2) is 36.4 Å². The number of halogens is 3. The number of ether oxygens (including phenoxy) is 1. The molecule has 8 heteroatoms. The maximum absolute atomic E-state index is 13.9. The Labute approximate surface area is 166 Å². The van der Waals surface area contributed by atoms with Gasteiger partial charge in [0.2, 0.25) is 0 Å². The molecule has 0 bridgehead atoms. The van der Waals surface area contributed by atoms with Crippen LogP contribution < -0.4 is 4.74 Å². The summed E-state index contributed by atoms with van der Waals surface area (Å²) in [7, 11) is 0. The van der Waals surface area contributed by atoms with Gasteiger partial charge in [-0.2, -0.15) is 0 Å². The van der Waals surface area contributed by atoms with Gasteiger partial charge in [-0.15, -0.1) is 0 Å². The topological polar surface area (TPSA) is 49.9 Å². The minimum absolute atomic E-state index is 0.167. The molecule has 1 fully saturated rings. The Morgan fingerprint density at radius 3 is 2.10 bits per heavy atom. The lowest BCUT2D eigenvalue weighted by Crippen LogP contribution is -2.37. The summed E-state index contributed by atoms with van der Waals surface area (Å²) in [5.74, 6) is -4.75. The van der Waals surface area contributed by atoms with Crippen molar-refractivity contribution in [1.82, 2.24) is 9.80 Å². The van der Waals surface area contributed by atoms with E-state index in [1.54, 1.807) is 29.2 Å². The molecular formula is C21H21F3N2O3. The van der Waals surface area contributed by atoms with Crippen LogP contribution in [0.5, 0.6) is 5.75 Å². The maximum Gasteiger partial charge on any atom is 0.257 e. The van der Waals surface area contributed by atoms with Gasteiger partial charge in [-0.3, -0.25) is 9.59 Å². The minimum atomic E-state index is -1.67. The lowest BCUT2D eigenvalue weighted by atomic mass is 10.1. The Morgan fingerprint density at radius 1 is 0.862 bits per heavy atom. The van der Waals surface area contributed by atoms with Crippen LogP contribution in [-0.4, -0.2) is 54.4 Å². The lowest BCUT2D eigenvalue weighted by molar-refractivity contribution is 0.0715. The Kier molecular flexibility index (Phi) is 6.41. The predicted molar refractivity (Wildman–Crippen MR) is 100 cm³/mol. The van der Waals surface area contributed by atoms with Crippen molar-refractivity contribution >= 4 is 11.8 Å². The molecule has 1 saturated heterocycles. The summed E-state index contributed by atoms with van der Waals surface area (Å²) in [5, 5.41) is 0. The number of hydrogen-bond donors (Lipinski definition) is 0. The summed E-state index contributed by atoms with van der Waals surface area (Å²) < 4.78 is 45.9. The van der Waals surface area contributed by atoms with Crippen LogP contribution in [0.1, 0.15) is 34.1 Å². The standard InChI is InChI=1S/C21H21F3N2O3/c1-2-29-15-6-4-14(5-7-15)20(27)25-10-3-11-26(13-12-25)21(28)16-8-9-17(22)19(24)18(16)23/h4-9H,2-3,10-13H2,1H3. The fourth-order valence-corrected chi connectivity index (χ4v) is 3.23. The van der Waals surface area contributed by atoms with Crippen LogP contribution in [0.3, 0.4) is 0 Å². The summed E-state index contributed by atoms with van der Waals surface area (Å²) in [5.41, 5.74) is -0.0185. The van der Waals surface area contributed by atoms with Crippen molar-refractivity contribution in [1.29, 1.82) is 0 Å². The van der Waals surface area contributed by atoms with Crippen molar-refractivity contribution in [2.24, 2.45) is 0 Å². The molecule has 2 amide bonds. The van der Waals surface area contributed by atoms with E-state index in [9.17, 15) is 22.8 Å². The molecule has 0 aromatic heterocycles. The first-order valence-electron chi connectivity index (χ1n) is 9.37. The molecule has 1 heterocycles. The first-order chi connectivity index (χ1) is 13.9. The lowest BCUT2D eigenvalue weighted by Gasteiger charge is -2.22.